The number of hydrogen-bond donors (Lipinski definition) is 1. The Hall–Kier alpha value is -1.41. The number of carbonyl (C=O) groups excluding carboxylic acids is 1. The zero-order valence-corrected chi connectivity index (χ0v) is 10.1. The van der Waals surface area contributed by atoms with Crippen molar-refractivity contribution in [3.05, 3.63) is 16.6 Å². The lowest BCUT2D eigenvalue weighted by Crippen LogP contribution is -2.31. The molecule has 1 unspecified atom stereocenters. The minimum atomic E-state index is -0.513. The number of rotatable bonds is 6. The van der Waals surface area contributed by atoms with Crippen LogP contribution >= 0.6 is 11.3 Å². The Morgan fingerprint density at radius 2 is 2.56 bits per heavy atom. The zero-order valence-electron chi connectivity index (χ0n) is 9.27. The number of hydrogen-bond acceptors (Lipinski definition) is 4. The van der Waals surface area contributed by atoms with Crippen LogP contribution in [0, 0.1) is 17.2 Å². The molecule has 0 radical (unpaired) electrons. The van der Waals surface area contributed by atoms with E-state index in [9.17, 15) is 4.79 Å². The topological polar surface area (TPSA) is 65.8 Å². The van der Waals surface area contributed by atoms with Gasteiger partial charge < -0.3 is 5.32 Å². The molecule has 0 aliphatic rings. The second kappa shape index (κ2) is 6.96. The van der Waals surface area contributed by atoms with E-state index in [2.05, 4.69) is 10.3 Å². The van der Waals surface area contributed by atoms with E-state index in [4.69, 9.17) is 5.26 Å². The van der Waals surface area contributed by atoms with Crippen LogP contribution in [0.2, 0.25) is 0 Å². The number of nitrogens with zero attached hydrogens (tertiary/aromatic N) is 2. The quantitative estimate of drug-likeness (QED) is 0.819. The van der Waals surface area contributed by atoms with E-state index in [-0.39, 0.29) is 5.91 Å². The second-order valence-corrected chi connectivity index (χ2v) is 4.42. The van der Waals surface area contributed by atoms with Gasteiger partial charge in [-0.3, -0.25) is 4.79 Å². The summed E-state index contributed by atoms with van der Waals surface area (Å²) in [5.41, 5.74) is 0. The van der Waals surface area contributed by atoms with Crippen molar-refractivity contribution in [1.82, 2.24) is 10.3 Å². The molecule has 1 amide bonds. The van der Waals surface area contributed by atoms with Crippen molar-refractivity contribution < 1.29 is 4.79 Å². The number of thiazole rings is 1. The van der Waals surface area contributed by atoms with Crippen LogP contribution in [0.5, 0.6) is 0 Å². The van der Waals surface area contributed by atoms with Crippen molar-refractivity contribution in [2.75, 3.05) is 6.54 Å². The van der Waals surface area contributed by atoms with Crippen LogP contribution in [-0.4, -0.2) is 17.4 Å². The number of nitrogens with one attached hydrogen (secondary N) is 1. The van der Waals surface area contributed by atoms with Crippen LogP contribution in [0.15, 0.2) is 11.6 Å². The summed E-state index contributed by atoms with van der Waals surface area (Å²) in [5.74, 6) is -0.679. The van der Waals surface area contributed by atoms with Gasteiger partial charge in [0.25, 0.3) is 0 Å². The minimum absolute atomic E-state index is 0.166. The summed E-state index contributed by atoms with van der Waals surface area (Å²) in [6, 6.07) is 2.02. The Morgan fingerprint density at radius 1 is 1.75 bits per heavy atom. The molecule has 0 spiro atoms. The Kier molecular flexibility index (Phi) is 5.51. The van der Waals surface area contributed by atoms with Gasteiger partial charge in [-0.25, -0.2) is 4.98 Å². The van der Waals surface area contributed by atoms with E-state index >= 15 is 0 Å². The SMILES string of the molecule is CCCC(C#N)C(=O)NCCc1nccs1. The summed E-state index contributed by atoms with van der Waals surface area (Å²) < 4.78 is 0. The van der Waals surface area contributed by atoms with Crippen LogP contribution < -0.4 is 5.32 Å². The van der Waals surface area contributed by atoms with Crippen LogP contribution in [0.1, 0.15) is 24.8 Å². The molecule has 1 aromatic heterocycles. The summed E-state index contributed by atoms with van der Waals surface area (Å²) in [7, 11) is 0. The van der Waals surface area contributed by atoms with E-state index < -0.39 is 5.92 Å². The lowest BCUT2D eigenvalue weighted by molar-refractivity contribution is -0.123. The van der Waals surface area contributed by atoms with Crippen molar-refractivity contribution in [3.8, 4) is 6.07 Å². The lowest BCUT2D eigenvalue weighted by Gasteiger charge is -2.08. The molecule has 4 nitrogen and oxygen atoms in total. The molecule has 0 fully saturated rings. The average molecular weight is 237 g/mol. The van der Waals surface area contributed by atoms with Crippen LogP contribution in [-0.2, 0) is 11.2 Å². The second-order valence-electron chi connectivity index (χ2n) is 3.44. The molecule has 1 aromatic rings. The average Bonchev–Trinajstić information content (AvgIpc) is 2.78. The first-order valence-corrected chi connectivity index (χ1v) is 6.21. The van der Waals surface area contributed by atoms with E-state index in [0.717, 1.165) is 17.8 Å². The van der Waals surface area contributed by atoms with Crippen LogP contribution in [0.25, 0.3) is 0 Å². The number of nitriles is 1. The third kappa shape index (κ3) is 3.99. The molecule has 5 heteroatoms. The predicted molar refractivity (Wildman–Crippen MR) is 62.8 cm³/mol. The van der Waals surface area contributed by atoms with Gasteiger partial charge in [-0.2, -0.15) is 5.26 Å². The van der Waals surface area contributed by atoms with Gasteiger partial charge in [-0.05, 0) is 6.42 Å². The highest BCUT2D eigenvalue weighted by Crippen LogP contribution is 2.06. The molecule has 1 atom stereocenters. The molecule has 0 aliphatic heterocycles. The Morgan fingerprint density at radius 3 is 3.12 bits per heavy atom. The first-order chi connectivity index (χ1) is 7.77. The van der Waals surface area contributed by atoms with Crippen molar-refractivity contribution in [2.45, 2.75) is 26.2 Å². The van der Waals surface area contributed by atoms with E-state index in [1.54, 1.807) is 17.5 Å². The summed E-state index contributed by atoms with van der Waals surface area (Å²) in [6.45, 7) is 2.52. The molecule has 1 N–H and O–H groups in total. The molecule has 0 bridgehead atoms. The molecule has 0 saturated heterocycles. The van der Waals surface area contributed by atoms with Gasteiger partial charge in [0, 0.05) is 24.5 Å². The normalized spacial score (nSPS) is 11.8. The van der Waals surface area contributed by atoms with Gasteiger partial charge in [0.1, 0.15) is 5.92 Å². The Bertz CT molecular complexity index is 356. The highest BCUT2D eigenvalue weighted by atomic mass is 32.1. The predicted octanol–water partition coefficient (Wildman–Crippen LogP) is 1.74. The molecular formula is C11H15N3OS. The van der Waals surface area contributed by atoms with Gasteiger partial charge in [-0.15, -0.1) is 11.3 Å². The van der Waals surface area contributed by atoms with Crippen molar-refractivity contribution in [3.63, 3.8) is 0 Å². The third-order valence-electron chi connectivity index (χ3n) is 2.17. The van der Waals surface area contributed by atoms with E-state index in [0.29, 0.717) is 13.0 Å². The maximum atomic E-state index is 11.5. The van der Waals surface area contributed by atoms with Gasteiger partial charge >= 0.3 is 0 Å². The van der Waals surface area contributed by atoms with Crippen LogP contribution in [0.3, 0.4) is 0 Å². The summed E-state index contributed by atoms with van der Waals surface area (Å²) >= 11 is 1.57. The third-order valence-corrected chi connectivity index (χ3v) is 3.01. The van der Waals surface area contributed by atoms with Gasteiger partial charge in [0.15, 0.2) is 0 Å². The Balaban J connectivity index is 2.27. The summed E-state index contributed by atoms with van der Waals surface area (Å²) in [5, 5.41) is 14.5. The molecule has 16 heavy (non-hydrogen) atoms. The molecular weight excluding hydrogens is 222 g/mol. The molecule has 1 heterocycles. The maximum absolute atomic E-state index is 11.5. The molecule has 0 aliphatic carbocycles. The van der Waals surface area contributed by atoms with Gasteiger partial charge in [0.2, 0.25) is 5.91 Å². The molecule has 1 rings (SSSR count). The first kappa shape index (κ1) is 12.7. The fraction of sp³-hybridized carbons (Fsp3) is 0.545. The zero-order chi connectivity index (χ0) is 11.8. The van der Waals surface area contributed by atoms with E-state index in [1.807, 2.05) is 18.4 Å². The molecule has 0 saturated carbocycles. The number of carbonyl (C=O) groups is 1. The van der Waals surface area contributed by atoms with Gasteiger partial charge in [0.05, 0.1) is 11.1 Å². The van der Waals surface area contributed by atoms with Crippen LogP contribution in [0.4, 0.5) is 0 Å². The largest absolute Gasteiger partial charge is 0.355 e. The highest BCUT2D eigenvalue weighted by Gasteiger charge is 2.15. The first-order valence-electron chi connectivity index (χ1n) is 5.33. The molecule has 0 aromatic carbocycles. The highest BCUT2D eigenvalue weighted by molar-refractivity contribution is 7.09. The summed E-state index contributed by atoms with van der Waals surface area (Å²) in [4.78, 5) is 15.7. The van der Waals surface area contributed by atoms with Crippen molar-refractivity contribution in [1.29, 1.82) is 5.26 Å². The standard InChI is InChI=1S/C11H15N3OS/c1-2-3-9(8-12)11(15)14-5-4-10-13-6-7-16-10/h6-7,9H,2-5H2,1H3,(H,14,15). The summed E-state index contributed by atoms with van der Waals surface area (Å²) in [6.07, 6.45) is 3.95. The van der Waals surface area contributed by atoms with Crippen molar-refractivity contribution in [2.24, 2.45) is 5.92 Å². The minimum Gasteiger partial charge on any atom is -0.355 e. The monoisotopic (exact) mass is 237 g/mol. The smallest absolute Gasteiger partial charge is 0.237 e. The van der Waals surface area contributed by atoms with E-state index in [1.165, 1.54) is 0 Å². The maximum Gasteiger partial charge on any atom is 0.237 e. The number of aromatic nitrogens is 1. The van der Waals surface area contributed by atoms with Gasteiger partial charge in [-0.1, -0.05) is 13.3 Å². The Labute approximate surface area is 99.3 Å². The fourth-order valence-corrected chi connectivity index (χ4v) is 1.96. The molecule has 86 valence electrons. The number of amides is 1. The lowest BCUT2D eigenvalue weighted by atomic mass is 10.1. The van der Waals surface area contributed by atoms with Crippen molar-refractivity contribution >= 4 is 17.2 Å². The fourth-order valence-electron chi connectivity index (χ4n) is 1.34.